The van der Waals surface area contributed by atoms with Crippen LogP contribution in [0.2, 0.25) is 5.02 Å². The predicted molar refractivity (Wildman–Crippen MR) is 87.2 cm³/mol. The van der Waals surface area contributed by atoms with E-state index in [1.807, 2.05) is 25.1 Å². The number of halogens is 1. The Bertz CT molecular complexity index is 712. The minimum absolute atomic E-state index is 0.0276. The summed E-state index contributed by atoms with van der Waals surface area (Å²) >= 11 is 6.19. The fraction of sp³-hybridized carbons (Fsp3) is 0.312. The molecule has 0 aliphatic carbocycles. The number of para-hydroxylation sites is 1. The topological polar surface area (TPSA) is 84.2 Å². The second-order valence-corrected chi connectivity index (χ2v) is 5.38. The van der Waals surface area contributed by atoms with E-state index in [2.05, 4.69) is 10.4 Å². The number of nitrogens with zero attached hydrogens (tertiary/aromatic N) is 2. The van der Waals surface area contributed by atoms with Gasteiger partial charge < -0.3 is 10.4 Å². The van der Waals surface area contributed by atoms with Crippen LogP contribution in [-0.2, 0) is 11.2 Å². The Morgan fingerprint density at radius 1 is 1.35 bits per heavy atom. The van der Waals surface area contributed by atoms with Crippen molar-refractivity contribution in [1.82, 2.24) is 15.1 Å². The molecule has 0 saturated heterocycles. The minimum Gasteiger partial charge on any atom is -0.481 e. The normalized spacial score (nSPS) is 10.5. The second-order valence-electron chi connectivity index (χ2n) is 4.97. The lowest BCUT2D eigenvalue weighted by Crippen LogP contribution is -2.25. The zero-order valence-electron chi connectivity index (χ0n) is 12.8. The highest BCUT2D eigenvalue weighted by Gasteiger charge is 2.17. The van der Waals surface area contributed by atoms with Gasteiger partial charge in [-0.05, 0) is 25.0 Å². The highest BCUT2D eigenvalue weighted by atomic mass is 35.5. The van der Waals surface area contributed by atoms with Crippen LogP contribution in [0, 0.1) is 0 Å². The monoisotopic (exact) mass is 335 g/mol. The van der Waals surface area contributed by atoms with E-state index in [-0.39, 0.29) is 12.3 Å². The van der Waals surface area contributed by atoms with Gasteiger partial charge >= 0.3 is 5.97 Å². The standard InChI is InChI=1S/C16H18ClN3O3/c1-2-13-11(16(23)18-9-5-8-15(21)22)10-19-20(13)14-7-4-3-6-12(14)17/h3-4,6-7,10H,2,5,8-9H2,1H3,(H,18,23)(H,21,22). The number of carbonyl (C=O) groups excluding carboxylic acids is 1. The van der Waals surface area contributed by atoms with Crippen LogP contribution in [0.3, 0.4) is 0 Å². The maximum atomic E-state index is 12.3. The van der Waals surface area contributed by atoms with Crippen molar-refractivity contribution in [3.63, 3.8) is 0 Å². The number of hydrogen-bond acceptors (Lipinski definition) is 3. The third-order valence-electron chi connectivity index (χ3n) is 3.38. The van der Waals surface area contributed by atoms with Gasteiger partial charge in [-0.2, -0.15) is 5.10 Å². The summed E-state index contributed by atoms with van der Waals surface area (Å²) in [7, 11) is 0. The lowest BCUT2D eigenvalue weighted by atomic mass is 10.2. The van der Waals surface area contributed by atoms with Crippen LogP contribution in [0.1, 0.15) is 35.8 Å². The van der Waals surface area contributed by atoms with Gasteiger partial charge in [0.2, 0.25) is 0 Å². The summed E-state index contributed by atoms with van der Waals surface area (Å²) in [5, 5.41) is 16.1. The molecule has 2 aromatic rings. The molecule has 0 radical (unpaired) electrons. The Labute approximate surface area is 139 Å². The molecule has 0 bridgehead atoms. The summed E-state index contributed by atoms with van der Waals surface area (Å²) in [5.74, 6) is -1.13. The number of aliphatic carboxylic acids is 1. The Hall–Kier alpha value is -2.34. The van der Waals surface area contributed by atoms with E-state index in [4.69, 9.17) is 16.7 Å². The van der Waals surface area contributed by atoms with Crippen LogP contribution in [0.4, 0.5) is 0 Å². The van der Waals surface area contributed by atoms with Crippen molar-refractivity contribution in [2.75, 3.05) is 6.54 Å². The number of carboxylic acid groups (broad SMARTS) is 1. The number of hydrogen-bond donors (Lipinski definition) is 2. The summed E-state index contributed by atoms with van der Waals surface area (Å²) in [6, 6.07) is 7.29. The smallest absolute Gasteiger partial charge is 0.303 e. The summed E-state index contributed by atoms with van der Waals surface area (Å²) in [6.07, 6.45) is 2.54. The van der Waals surface area contributed by atoms with Gasteiger partial charge in [-0.15, -0.1) is 0 Å². The van der Waals surface area contributed by atoms with Crippen molar-refractivity contribution in [3.8, 4) is 5.69 Å². The molecule has 2 rings (SSSR count). The minimum atomic E-state index is -0.875. The van der Waals surface area contributed by atoms with Crippen LogP contribution in [0.5, 0.6) is 0 Å². The molecular formula is C16H18ClN3O3. The molecule has 0 fully saturated rings. The molecule has 1 aromatic heterocycles. The summed E-state index contributed by atoms with van der Waals surface area (Å²) in [5.41, 5.74) is 1.95. The van der Waals surface area contributed by atoms with Gasteiger partial charge in [0, 0.05) is 13.0 Å². The van der Waals surface area contributed by atoms with Gasteiger partial charge in [-0.1, -0.05) is 30.7 Å². The first kappa shape index (κ1) is 17.0. The van der Waals surface area contributed by atoms with Crippen molar-refractivity contribution >= 4 is 23.5 Å². The van der Waals surface area contributed by atoms with Gasteiger partial charge in [0.05, 0.1) is 28.2 Å². The molecule has 7 heteroatoms. The van der Waals surface area contributed by atoms with Gasteiger partial charge in [-0.3, -0.25) is 9.59 Å². The number of benzene rings is 1. The van der Waals surface area contributed by atoms with Crippen molar-refractivity contribution in [1.29, 1.82) is 0 Å². The number of rotatable bonds is 7. The van der Waals surface area contributed by atoms with E-state index in [1.165, 1.54) is 6.20 Å². The summed E-state index contributed by atoms with van der Waals surface area (Å²) in [6.45, 7) is 2.25. The van der Waals surface area contributed by atoms with Gasteiger partial charge in [0.25, 0.3) is 5.91 Å². The fourth-order valence-corrected chi connectivity index (χ4v) is 2.49. The number of carboxylic acids is 1. The number of nitrogens with one attached hydrogen (secondary N) is 1. The fourth-order valence-electron chi connectivity index (χ4n) is 2.27. The van der Waals surface area contributed by atoms with Crippen molar-refractivity contribution < 1.29 is 14.7 Å². The van der Waals surface area contributed by atoms with E-state index in [0.717, 1.165) is 11.4 Å². The lowest BCUT2D eigenvalue weighted by Gasteiger charge is -2.09. The molecular weight excluding hydrogens is 318 g/mol. The summed E-state index contributed by atoms with van der Waals surface area (Å²) < 4.78 is 1.66. The first-order chi connectivity index (χ1) is 11.0. The van der Waals surface area contributed by atoms with Crippen LogP contribution in [0.25, 0.3) is 5.69 Å². The molecule has 0 aliphatic heterocycles. The molecule has 0 unspecified atom stereocenters. The van der Waals surface area contributed by atoms with Gasteiger partial charge in [0.1, 0.15) is 0 Å². The molecule has 1 heterocycles. The third-order valence-corrected chi connectivity index (χ3v) is 3.70. The Morgan fingerprint density at radius 3 is 2.74 bits per heavy atom. The Morgan fingerprint density at radius 2 is 2.09 bits per heavy atom. The predicted octanol–water partition coefficient (Wildman–Crippen LogP) is 2.68. The number of aromatic nitrogens is 2. The van der Waals surface area contributed by atoms with Crippen LogP contribution in [0.15, 0.2) is 30.5 Å². The molecule has 0 spiro atoms. The molecule has 0 atom stereocenters. The molecule has 0 aliphatic rings. The zero-order valence-corrected chi connectivity index (χ0v) is 13.5. The van der Waals surface area contributed by atoms with Gasteiger partial charge in [0.15, 0.2) is 0 Å². The third kappa shape index (κ3) is 4.10. The van der Waals surface area contributed by atoms with Crippen LogP contribution >= 0.6 is 11.6 Å². The van der Waals surface area contributed by atoms with Gasteiger partial charge in [-0.25, -0.2) is 4.68 Å². The quantitative estimate of drug-likeness (QED) is 0.762. The molecule has 122 valence electrons. The highest BCUT2D eigenvalue weighted by Crippen LogP contribution is 2.22. The second kappa shape index (κ2) is 7.78. The van der Waals surface area contributed by atoms with E-state index in [0.29, 0.717) is 30.0 Å². The average Bonchev–Trinajstić information content (AvgIpc) is 2.95. The molecule has 1 amide bonds. The SMILES string of the molecule is CCc1c(C(=O)NCCCC(=O)O)cnn1-c1ccccc1Cl. The first-order valence-electron chi connectivity index (χ1n) is 7.36. The number of carbonyl (C=O) groups is 2. The van der Waals surface area contributed by atoms with Crippen LogP contribution in [-0.4, -0.2) is 33.3 Å². The molecule has 6 nitrogen and oxygen atoms in total. The Balaban J connectivity index is 2.16. The molecule has 2 N–H and O–H groups in total. The lowest BCUT2D eigenvalue weighted by molar-refractivity contribution is -0.137. The van der Waals surface area contributed by atoms with Crippen molar-refractivity contribution in [3.05, 3.63) is 46.7 Å². The van der Waals surface area contributed by atoms with Crippen molar-refractivity contribution in [2.45, 2.75) is 26.2 Å². The van der Waals surface area contributed by atoms with E-state index in [1.54, 1.807) is 10.7 Å². The van der Waals surface area contributed by atoms with E-state index >= 15 is 0 Å². The highest BCUT2D eigenvalue weighted by molar-refractivity contribution is 6.32. The molecule has 1 aromatic carbocycles. The maximum absolute atomic E-state index is 12.3. The molecule has 0 saturated carbocycles. The van der Waals surface area contributed by atoms with Crippen molar-refractivity contribution in [2.24, 2.45) is 0 Å². The average molecular weight is 336 g/mol. The largest absolute Gasteiger partial charge is 0.481 e. The maximum Gasteiger partial charge on any atom is 0.303 e. The van der Waals surface area contributed by atoms with E-state index in [9.17, 15) is 9.59 Å². The molecule has 23 heavy (non-hydrogen) atoms. The summed E-state index contributed by atoms with van der Waals surface area (Å²) in [4.78, 5) is 22.7. The number of amides is 1. The first-order valence-corrected chi connectivity index (χ1v) is 7.74. The zero-order chi connectivity index (χ0) is 16.8. The van der Waals surface area contributed by atoms with Crippen LogP contribution < -0.4 is 5.32 Å². The Kier molecular flexibility index (Phi) is 5.76. The van der Waals surface area contributed by atoms with E-state index < -0.39 is 5.97 Å².